The molecule has 0 radical (unpaired) electrons. The Morgan fingerprint density at radius 3 is 2.53 bits per heavy atom. The van der Waals surface area contributed by atoms with Gasteiger partial charge in [0.25, 0.3) is 0 Å². The van der Waals surface area contributed by atoms with Gasteiger partial charge in [-0.2, -0.15) is 0 Å². The largest absolute Gasteiger partial charge is 0.460 e. The van der Waals surface area contributed by atoms with Crippen LogP contribution in [0.4, 0.5) is 0 Å². The topological polar surface area (TPSA) is 114 Å². The highest BCUT2D eigenvalue weighted by molar-refractivity contribution is 5.42. The summed E-state index contributed by atoms with van der Waals surface area (Å²) in [7, 11) is 0. The predicted octanol–water partition coefficient (Wildman–Crippen LogP) is 0.527. The van der Waals surface area contributed by atoms with Crippen molar-refractivity contribution >= 4 is 0 Å². The van der Waals surface area contributed by atoms with Crippen molar-refractivity contribution in [1.29, 1.82) is 0 Å². The van der Waals surface area contributed by atoms with Gasteiger partial charge in [0.05, 0.1) is 19.3 Å². The fourth-order valence-corrected chi connectivity index (χ4v) is 4.16. The molecule has 4 N–H and O–H groups in total. The third-order valence-electron chi connectivity index (χ3n) is 5.99. The van der Waals surface area contributed by atoms with Crippen LogP contribution in [-0.4, -0.2) is 75.5 Å². The van der Waals surface area contributed by atoms with Gasteiger partial charge in [-0.15, -0.1) is 0 Å². The molecule has 4 rings (SSSR count). The van der Waals surface area contributed by atoms with E-state index in [0.29, 0.717) is 25.4 Å². The molecule has 0 amide bonds. The standard InChI is InChI=1S/C22H29NO7/c1-13-16(9-14-5-3-2-4-6-14)17(10-23(13)15-7-8-28-12-15)29-22-21(27)20(26)19(25)18(11-24)30-22/h2-6,10,15,18-22,24-27H,7-9,11-12H2,1H3/t15?,18-,19-,20+,21-,22-/m1/s1. The molecule has 164 valence electrons. The lowest BCUT2D eigenvalue weighted by Gasteiger charge is -2.39. The van der Waals surface area contributed by atoms with E-state index in [-0.39, 0.29) is 6.04 Å². The molecule has 8 heteroatoms. The van der Waals surface area contributed by atoms with Crippen LogP contribution >= 0.6 is 0 Å². The van der Waals surface area contributed by atoms with Crippen LogP contribution in [0.2, 0.25) is 0 Å². The number of aliphatic hydroxyl groups is 4. The Hall–Kier alpha value is -1.94. The molecule has 1 unspecified atom stereocenters. The normalized spacial score (nSPS) is 31.8. The maximum absolute atomic E-state index is 10.4. The highest BCUT2D eigenvalue weighted by atomic mass is 16.7. The Bertz CT molecular complexity index is 832. The second-order valence-electron chi connectivity index (χ2n) is 7.96. The summed E-state index contributed by atoms with van der Waals surface area (Å²) in [6, 6.07) is 10.2. The Labute approximate surface area is 175 Å². The van der Waals surface area contributed by atoms with Crippen molar-refractivity contribution in [2.75, 3.05) is 19.8 Å². The third kappa shape index (κ3) is 4.12. The first-order valence-electron chi connectivity index (χ1n) is 10.3. The van der Waals surface area contributed by atoms with E-state index < -0.39 is 37.3 Å². The Balaban J connectivity index is 1.64. The van der Waals surface area contributed by atoms with Gasteiger partial charge in [-0.25, -0.2) is 0 Å². The second kappa shape index (κ2) is 9.05. The van der Waals surface area contributed by atoms with E-state index in [1.807, 2.05) is 43.5 Å². The molecule has 1 aromatic heterocycles. The van der Waals surface area contributed by atoms with Gasteiger partial charge in [-0.1, -0.05) is 30.3 Å². The number of aromatic nitrogens is 1. The first-order valence-corrected chi connectivity index (χ1v) is 10.3. The second-order valence-corrected chi connectivity index (χ2v) is 7.96. The smallest absolute Gasteiger partial charge is 0.229 e. The van der Waals surface area contributed by atoms with Crippen molar-refractivity contribution in [1.82, 2.24) is 4.57 Å². The van der Waals surface area contributed by atoms with Crippen molar-refractivity contribution in [2.45, 2.75) is 56.5 Å². The van der Waals surface area contributed by atoms with Crippen LogP contribution in [0.5, 0.6) is 5.75 Å². The van der Waals surface area contributed by atoms with E-state index in [1.54, 1.807) is 0 Å². The molecule has 8 nitrogen and oxygen atoms in total. The first kappa shape index (κ1) is 21.3. The highest BCUT2D eigenvalue weighted by Crippen LogP contribution is 2.34. The molecule has 2 aromatic rings. The molecule has 3 heterocycles. The Morgan fingerprint density at radius 1 is 1.10 bits per heavy atom. The Kier molecular flexibility index (Phi) is 6.43. The lowest BCUT2D eigenvalue weighted by atomic mass is 9.99. The minimum Gasteiger partial charge on any atom is -0.460 e. The number of rotatable bonds is 6. The zero-order valence-electron chi connectivity index (χ0n) is 16.9. The molecular weight excluding hydrogens is 390 g/mol. The van der Waals surface area contributed by atoms with Gasteiger partial charge in [0, 0.05) is 30.5 Å². The van der Waals surface area contributed by atoms with Gasteiger partial charge >= 0.3 is 0 Å². The summed E-state index contributed by atoms with van der Waals surface area (Å²) in [5, 5.41) is 39.9. The van der Waals surface area contributed by atoms with Crippen LogP contribution in [0.3, 0.4) is 0 Å². The minimum absolute atomic E-state index is 0.201. The lowest BCUT2D eigenvalue weighted by molar-refractivity contribution is -0.277. The van der Waals surface area contributed by atoms with Crippen molar-refractivity contribution in [3.63, 3.8) is 0 Å². The van der Waals surface area contributed by atoms with Crippen molar-refractivity contribution in [3.8, 4) is 5.75 Å². The summed E-state index contributed by atoms with van der Waals surface area (Å²) in [4.78, 5) is 0. The zero-order valence-corrected chi connectivity index (χ0v) is 16.9. The summed E-state index contributed by atoms with van der Waals surface area (Å²) >= 11 is 0. The van der Waals surface area contributed by atoms with E-state index in [2.05, 4.69) is 4.57 Å². The highest BCUT2D eigenvalue weighted by Gasteiger charge is 2.45. The quantitative estimate of drug-likeness (QED) is 0.540. The minimum atomic E-state index is -1.48. The van der Waals surface area contributed by atoms with Crippen LogP contribution in [0.1, 0.15) is 29.3 Å². The van der Waals surface area contributed by atoms with Gasteiger partial charge in [0.15, 0.2) is 0 Å². The maximum Gasteiger partial charge on any atom is 0.229 e. The average Bonchev–Trinajstić information content (AvgIpc) is 3.39. The van der Waals surface area contributed by atoms with Gasteiger partial charge in [0.2, 0.25) is 6.29 Å². The number of hydrogen-bond donors (Lipinski definition) is 4. The van der Waals surface area contributed by atoms with Crippen LogP contribution in [0.15, 0.2) is 36.5 Å². The summed E-state index contributed by atoms with van der Waals surface area (Å²) in [5.74, 6) is 0.535. The predicted molar refractivity (Wildman–Crippen MR) is 107 cm³/mol. The molecule has 2 aliphatic heterocycles. The molecule has 30 heavy (non-hydrogen) atoms. The Morgan fingerprint density at radius 2 is 1.87 bits per heavy atom. The first-order chi connectivity index (χ1) is 14.5. The van der Waals surface area contributed by atoms with Gasteiger partial charge < -0.3 is 39.2 Å². The summed E-state index contributed by atoms with van der Waals surface area (Å²) in [5.41, 5.74) is 3.10. The number of aliphatic hydroxyl groups excluding tert-OH is 4. The summed E-state index contributed by atoms with van der Waals surface area (Å²) in [6.45, 7) is 2.86. The molecule has 0 aliphatic carbocycles. The molecule has 2 fully saturated rings. The third-order valence-corrected chi connectivity index (χ3v) is 5.99. The average molecular weight is 419 g/mol. The molecule has 6 atom stereocenters. The van der Waals surface area contributed by atoms with Crippen LogP contribution in [0.25, 0.3) is 0 Å². The van der Waals surface area contributed by atoms with Crippen LogP contribution in [-0.2, 0) is 15.9 Å². The van der Waals surface area contributed by atoms with Crippen molar-refractivity contribution in [2.24, 2.45) is 0 Å². The summed E-state index contributed by atoms with van der Waals surface area (Å²) in [6.07, 6.45) is -3.18. The number of nitrogens with zero attached hydrogens (tertiary/aromatic N) is 1. The molecule has 2 saturated heterocycles. The lowest BCUT2D eigenvalue weighted by Crippen LogP contribution is -2.60. The molecule has 0 saturated carbocycles. The summed E-state index contributed by atoms with van der Waals surface area (Å²) < 4.78 is 19.2. The van der Waals surface area contributed by atoms with Gasteiger partial charge in [-0.05, 0) is 18.9 Å². The molecule has 1 aromatic carbocycles. The van der Waals surface area contributed by atoms with E-state index in [4.69, 9.17) is 14.2 Å². The molecule has 2 aliphatic rings. The SMILES string of the molecule is Cc1c(Cc2ccccc2)c(O[C@@H]2O[C@H](CO)[C@@H](O)[C@H](O)[C@H]2O)cn1C1CCOC1. The van der Waals surface area contributed by atoms with Crippen LogP contribution in [0, 0.1) is 6.92 Å². The van der Waals surface area contributed by atoms with Gasteiger partial charge in [-0.3, -0.25) is 0 Å². The van der Waals surface area contributed by atoms with Crippen molar-refractivity contribution < 1.29 is 34.6 Å². The van der Waals surface area contributed by atoms with Gasteiger partial charge in [0.1, 0.15) is 30.2 Å². The number of benzene rings is 1. The van der Waals surface area contributed by atoms with E-state index >= 15 is 0 Å². The molecule has 0 spiro atoms. The zero-order chi connectivity index (χ0) is 21.3. The van der Waals surface area contributed by atoms with E-state index in [1.165, 1.54) is 0 Å². The molecule has 0 bridgehead atoms. The monoisotopic (exact) mass is 419 g/mol. The molecular formula is C22H29NO7. The van der Waals surface area contributed by atoms with E-state index in [9.17, 15) is 20.4 Å². The number of ether oxygens (including phenoxy) is 3. The van der Waals surface area contributed by atoms with Crippen molar-refractivity contribution in [3.05, 3.63) is 53.3 Å². The number of hydrogen-bond acceptors (Lipinski definition) is 7. The van der Waals surface area contributed by atoms with E-state index in [0.717, 1.165) is 23.2 Å². The fraction of sp³-hybridized carbons (Fsp3) is 0.545. The maximum atomic E-state index is 10.4. The van der Waals surface area contributed by atoms with Crippen LogP contribution < -0.4 is 4.74 Å². The fourth-order valence-electron chi connectivity index (χ4n) is 4.16.